The van der Waals surface area contributed by atoms with Crippen LogP contribution in [0.5, 0.6) is 0 Å². The fourth-order valence-electron chi connectivity index (χ4n) is 0.0673. The van der Waals surface area contributed by atoms with Crippen molar-refractivity contribution in [1.29, 1.82) is 0 Å². The third-order valence-electron chi connectivity index (χ3n) is 0.421. The summed E-state index contributed by atoms with van der Waals surface area (Å²) in [6.07, 6.45) is 0. The van der Waals surface area contributed by atoms with Gasteiger partial charge in [0.2, 0.25) is 0 Å². The van der Waals surface area contributed by atoms with E-state index in [2.05, 4.69) is 31.9 Å². The standard InChI is InChI=1S/C3H4Br2Cl2/c4-1-2(5)3(6)7/h2-3H,1H2. The average Bonchev–Trinajstić information content (AvgIpc) is 1.65. The van der Waals surface area contributed by atoms with E-state index in [0.29, 0.717) is 0 Å². The van der Waals surface area contributed by atoms with Crippen molar-refractivity contribution in [2.75, 3.05) is 5.33 Å². The predicted molar refractivity (Wildman–Crippen MR) is 42.0 cm³/mol. The number of rotatable bonds is 2. The highest BCUT2D eigenvalue weighted by Gasteiger charge is 2.09. The molecule has 0 spiro atoms. The summed E-state index contributed by atoms with van der Waals surface area (Å²) in [7, 11) is 0. The highest BCUT2D eigenvalue weighted by Crippen LogP contribution is 2.17. The molecule has 0 saturated heterocycles. The van der Waals surface area contributed by atoms with Crippen molar-refractivity contribution in [2.24, 2.45) is 0 Å². The summed E-state index contributed by atoms with van der Waals surface area (Å²) >= 11 is 17.3. The lowest BCUT2D eigenvalue weighted by atomic mass is 10.6. The Kier molecular flexibility index (Phi) is 5.39. The molecule has 0 aromatic heterocycles. The number of halogens is 4. The van der Waals surface area contributed by atoms with Crippen LogP contribution in [0.25, 0.3) is 0 Å². The molecule has 0 fully saturated rings. The van der Waals surface area contributed by atoms with E-state index in [1.807, 2.05) is 0 Å². The van der Waals surface area contributed by atoms with E-state index in [1.54, 1.807) is 0 Å². The van der Waals surface area contributed by atoms with Gasteiger partial charge in [0, 0.05) is 5.33 Å². The first-order chi connectivity index (χ1) is 3.18. The van der Waals surface area contributed by atoms with Gasteiger partial charge in [-0.15, -0.1) is 23.2 Å². The maximum Gasteiger partial charge on any atom is 0.121 e. The van der Waals surface area contributed by atoms with E-state index in [1.165, 1.54) is 0 Å². The zero-order chi connectivity index (χ0) is 5.86. The summed E-state index contributed by atoms with van der Waals surface area (Å²) in [5.41, 5.74) is 0. The van der Waals surface area contributed by atoms with Crippen LogP contribution < -0.4 is 0 Å². The fourth-order valence-corrected chi connectivity index (χ4v) is 1.05. The van der Waals surface area contributed by atoms with Gasteiger partial charge in [0.15, 0.2) is 0 Å². The molecule has 4 heteroatoms. The first-order valence-electron chi connectivity index (χ1n) is 1.66. The molecule has 0 amide bonds. The van der Waals surface area contributed by atoms with Crippen LogP contribution in [-0.4, -0.2) is 15.0 Å². The summed E-state index contributed by atoms with van der Waals surface area (Å²) in [5, 5.41) is 0.782. The molecular weight excluding hydrogens is 267 g/mol. The molecule has 0 aromatic carbocycles. The van der Waals surface area contributed by atoms with Crippen LogP contribution in [0.2, 0.25) is 0 Å². The van der Waals surface area contributed by atoms with Crippen LogP contribution in [-0.2, 0) is 0 Å². The number of hydrogen-bond acceptors (Lipinski definition) is 0. The minimum atomic E-state index is -0.320. The summed E-state index contributed by atoms with van der Waals surface area (Å²) in [6.45, 7) is 0. The van der Waals surface area contributed by atoms with Crippen molar-refractivity contribution >= 4 is 55.1 Å². The minimum absolute atomic E-state index is 0.163. The lowest BCUT2D eigenvalue weighted by Gasteiger charge is -2.02. The van der Waals surface area contributed by atoms with Crippen molar-refractivity contribution < 1.29 is 0 Å². The van der Waals surface area contributed by atoms with Gasteiger partial charge in [-0.1, -0.05) is 31.9 Å². The van der Waals surface area contributed by atoms with Crippen molar-refractivity contribution in [3.05, 3.63) is 0 Å². The lowest BCUT2D eigenvalue weighted by Crippen LogP contribution is -2.07. The molecule has 7 heavy (non-hydrogen) atoms. The molecule has 1 atom stereocenters. The molecule has 0 saturated carbocycles. The molecule has 0 aliphatic carbocycles. The minimum Gasteiger partial charge on any atom is -0.104 e. The Morgan fingerprint density at radius 2 is 1.86 bits per heavy atom. The molecule has 0 aromatic rings. The molecular formula is C3H4Br2Cl2. The normalized spacial score (nSPS) is 15.0. The van der Waals surface area contributed by atoms with Crippen molar-refractivity contribution in [2.45, 2.75) is 9.66 Å². The molecule has 0 bridgehead atoms. The van der Waals surface area contributed by atoms with Gasteiger partial charge in [0.1, 0.15) is 4.84 Å². The Balaban J connectivity index is 3.14. The van der Waals surface area contributed by atoms with E-state index in [9.17, 15) is 0 Å². The first-order valence-corrected chi connectivity index (χ1v) is 4.57. The van der Waals surface area contributed by atoms with Gasteiger partial charge in [-0.25, -0.2) is 0 Å². The van der Waals surface area contributed by atoms with Crippen molar-refractivity contribution in [3.8, 4) is 0 Å². The average molecular weight is 271 g/mol. The third-order valence-corrected chi connectivity index (χ3v) is 4.06. The Morgan fingerprint density at radius 3 is 1.86 bits per heavy atom. The second kappa shape index (κ2) is 4.42. The Morgan fingerprint density at radius 1 is 1.43 bits per heavy atom. The van der Waals surface area contributed by atoms with E-state index in [0.717, 1.165) is 5.33 Å². The highest BCUT2D eigenvalue weighted by atomic mass is 79.9. The van der Waals surface area contributed by atoms with E-state index >= 15 is 0 Å². The van der Waals surface area contributed by atoms with Crippen LogP contribution in [0.4, 0.5) is 0 Å². The van der Waals surface area contributed by atoms with Crippen molar-refractivity contribution in [3.63, 3.8) is 0 Å². The molecule has 0 N–H and O–H groups in total. The van der Waals surface area contributed by atoms with Crippen LogP contribution in [0, 0.1) is 0 Å². The van der Waals surface area contributed by atoms with E-state index in [-0.39, 0.29) is 9.66 Å². The van der Waals surface area contributed by atoms with Crippen molar-refractivity contribution in [1.82, 2.24) is 0 Å². The molecule has 0 nitrogen and oxygen atoms in total. The Hall–Kier alpha value is 1.54. The van der Waals surface area contributed by atoms with Gasteiger partial charge < -0.3 is 0 Å². The molecule has 0 aliphatic heterocycles. The summed E-state index contributed by atoms with van der Waals surface area (Å²) in [6, 6.07) is 0. The van der Waals surface area contributed by atoms with Gasteiger partial charge in [-0.2, -0.15) is 0 Å². The van der Waals surface area contributed by atoms with Gasteiger partial charge in [0.05, 0.1) is 4.83 Å². The van der Waals surface area contributed by atoms with Crippen LogP contribution in [0.15, 0.2) is 0 Å². The monoisotopic (exact) mass is 268 g/mol. The summed E-state index contributed by atoms with van der Waals surface area (Å²) in [4.78, 5) is -0.157. The van der Waals surface area contributed by atoms with Gasteiger partial charge in [-0.05, 0) is 0 Å². The highest BCUT2D eigenvalue weighted by molar-refractivity contribution is 9.12. The SMILES string of the molecule is ClC(Cl)C(Br)CBr. The zero-order valence-corrected chi connectivity index (χ0v) is 8.06. The lowest BCUT2D eigenvalue weighted by molar-refractivity contribution is 1.11. The maximum atomic E-state index is 5.42. The van der Waals surface area contributed by atoms with Gasteiger partial charge >= 0.3 is 0 Å². The largest absolute Gasteiger partial charge is 0.121 e. The molecule has 0 radical (unpaired) electrons. The second-order valence-corrected chi connectivity index (χ2v) is 3.99. The number of alkyl halides is 4. The molecule has 0 rings (SSSR count). The van der Waals surface area contributed by atoms with Gasteiger partial charge in [-0.3, -0.25) is 0 Å². The van der Waals surface area contributed by atoms with E-state index < -0.39 is 0 Å². The second-order valence-electron chi connectivity index (χ2n) is 1.00. The quantitative estimate of drug-likeness (QED) is 0.677. The molecule has 0 aliphatic rings. The van der Waals surface area contributed by atoms with Crippen LogP contribution in [0.3, 0.4) is 0 Å². The first kappa shape index (κ1) is 8.54. The smallest absolute Gasteiger partial charge is 0.104 e. The predicted octanol–water partition coefficient (Wildman–Crippen LogP) is 2.95. The third kappa shape index (κ3) is 4.07. The topological polar surface area (TPSA) is 0 Å². The summed E-state index contributed by atoms with van der Waals surface area (Å²) in [5.74, 6) is 0. The number of hydrogen-bond donors (Lipinski definition) is 0. The maximum absolute atomic E-state index is 5.42. The van der Waals surface area contributed by atoms with Crippen LogP contribution in [0.1, 0.15) is 0 Å². The fraction of sp³-hybridized carbons (Fsp3) is 1.00. The Labute approximate surface area is 69.8 Å². The summed E-state index contributed by atoms with van der Waals surface area (Å²) < 4.78 is 0. The van der Waals surface area contributed by atoms with Gasteiger partial charge in [0.25, 0.3) is 0 Å². The van der Waals surface area contributed by atoms with Crippen LogP contribution >= 0.6 is 55.1 Å². The van der Waals surface area contributed by atoms with E-state index in [4.69, 9.17) is 23.2 Å². The molecule has 1 unspecified atom stereocenters. The Bertz CT molecular complexity index is 48.2. The molecule has 44 valence electrons. The zero-order valence-electron chi connectivity index (χ0n) is 3.37. The molecule has 0 heterocycles.